The maximum atomic E-state index is 12.6. The second kappa shape index (κ2) is 10.8. The highest BCUT2D eigenvalue weighted by Crippen LogP contribution is 2.32. The molecule has 5 rings (SSSR count). The molecule has 1 aromatic carbocycles. The SMILES string of the molecule is CC(C)(C)OC(=O)N1CCCC(c2ccc3ncnc(Nc4cnc(Oc5ccccc5)c(Cl)c4)c3n2)C1. The Hall–Kier alpha value is -3.98. The molecule has 38 heavy (non-hydrogen) atoms. The summed E-state index contributed by atoms with van der Waals surface area (Å²) in [5.41, 5.74) is 2.31. The predicted molar refractivity (Wildman–Crippen MR) is 146 cm³/mol. The predicted octanol–water partition coefficient (Wildman–Crippen LogP) is 6.72. The van der Waals surface area contributed by atoms with Gasteiger partial charge in [-0.05, 0) is 63.9 Å². The molecule has 0 saturated carbocycles. The Morgan fingerprint density at radius 1 is 1.11 bits per heavy atom. The molecular formula is C28H29ClN6O3. The minimum absolute atomic E-state index is 0.0826. The van der Waals surface area contributed by atoms with E-state index in [-0.39, 0.29) is 12.0 Å². The first-order chi connectivity index (χ1) is 18.2. The van der Waals surface area contributed by atoms with Crippen LogP contribution in [0.25, 0.3) is 11.0 Å². The van der Waals surface area contributed by atoms with Gasteiger partial charge in [-0.15, -0.1) is 0 Å². The van der Waals surface area contributed by atoms with Crippen LogP contribution in [0.3, 0.4) is 0 Å². The third kappa shape index (κ3) is 6.11. The number of para-hydroxylation sites is 1. The van der Waals surface area contributed by atoms with E-state index in [0.717, 1.165) is 18.5 Å². The summed E-state index contributed by atoms with van der Waals surface area (Å²) in [6.45, 7) is 6.84. The van der Waals surface area contributed by atoms with E-state index in [4.69, 9.17) is 26.1 Å². The number of fused-ring (bicyclic) bond motifs is 1. The van der Waals surface area contributed by atoms with E-state index >= 15 is 0 Å². The van der Waals surface area contributed by atoms with Crippen molar-refractivity contribution in [2.24, 2.45) is 0 Å². The number of nitrogens with zero attached hydrogens (tertiary/aromatic N) is 5. The Morgan fingerprint density at radius 2 is 1.92 bits per heavy atom. The Balaban J connectivity index is 1.35. The second-order valence-electron chi connectivity index (χ2n) is 10.1. The molecule has 1 N–H and O–H groups in total. The molecule has 1 fully saturated rings. The number of anilines is 2. The average molecular weight is 533 g/mol. The first-order valence-electron chi connectivity index (χ1n) is 12.5. The number of nitrogens with one attached hydrogen (secondary N) is 1. The van der Waals surface area contributed by atoms with Crippen LogP contribution in [0.2, 0.25) is 5.02 Å². The van der Waals surface area contributed by atoms with Gasteiger partial charge in [0.2, 0.25) is 5.88 Å². The van der Waals surface area contributed by atoms with E-state index in [1.165, 1.54) is 6.33 Å². The number of likely N-dealkylation sites (tertiary alicyclic amines) is 1. The van der Waals surface area contributed by atoms with Crippen LogP contribution in [0.15, 0.2) is 61.1 Å². The first-order valence-corrected chi connectivity index (χ1v) is 12.9. The first kappa shape index (κ1) is 25.7. The zero-order valence-corrected chi connectivity index (χ0v) is 22.3. The Morgan fingerprint density at radius 3 is 2.68 bits per heavy atom. The van der Waals surface area contributed by atoms with Gasteiger partial charge in [0.25, 0.3) is 0 Å². The van der Waals surface area contributed by atoms with Crippen molar-refractivity contribution in [2.45, 2.75) is 45.1 Å². The van der Waals surface area contributed by atoms with Gasteiger partial charge in [0.15, 0.2) is 5.82 Å². The molecular weight excluding hydrogens is 504 g/mol. The monoisotopic (exact) mass is 532 g/mol. The molecule has 0 spiro atoms. The summed E-state index contributed by atoms with van der Waals surface area (Å²) in [5, 5.41) is 3.62. The van der Waals surface area contributed by atoms with Gasteiger partial charge in [0.1, 0.15) is 28.2 Å². The minimum atomic E-state index is -0.535. The highest BCUT2D eigenvalue weighted by atomic mass is 35.5. The van der Waals surface area contributed by atoms with Crippen molar-refractivity contribution in [2.75, 3.05) is 18.4 Å². The minimum Gasteiger partial charge on any atom is -0.444 e. The number of aromatic nitrogens is 4. The highest BCUT2D eigenvalue weighted by Gasteiger charge is 2.29. The average Bonchev–Trinajstić information content (AvgIpc) is 2.90. The lowest BCUT2D eigenvalue weighted by atomic mass is 9.94. The van der Waals surface area contributed by atoms with Crippen molar-refractivity contribution in [1.82, 2.24) is 24.8 Å². The van der Waals surface area contributed by atoms with Gasteiger partial charge in [0.05, 0.1) is 17.4 Å². The number of pyridine rings is 2. The fourth-order valence-electron chi connectivity index (χ4n) is 4.29. The fourth-order valence-corrected chi connectivity index (χ4v) is 4.50. The van der Waals surface area contributed by atoms with E-state index in [1.807, 2.05) is 63.2 Å². The maximum Gasteiger partial charge on any atom is 0.410 e. The maximum absolute atomic E-state index is 12.6. The van der Waals surface area contributed by atoms with Crippen molar-refractivity contribution in [3.63, 3.8) is 0 Å². The van der Waals surface area contributed by atoms with E-state index in [2.05, 4.69) is 20.3 Å². The van der Waals surface area contributed by atoms with Crippen LogP contribution in [0.1, 0.15) is 45.2 Å². The number of piperidine rings is 1. The van der Waals surface area contributed by atoms with Crippen molar-refractivity contribution in [3.8, 4) is 11.6 Å². The van der Waals surface area contributed by atoms with Crippen molar-refractivity contribution in [1.29, 1.82) is 0 Å². The number of benzene rings is 1. The number of amides is 1. The van der Waals surface area contributed by atoms with Crippen LogP contribution >= 0.6 is 11.6 Å². The summed E-state index contributed by atoms with van der Waals surface area (Å²) in [6, 6.07) is 15.0. The molecule has 1 aliphatic rings. The zero-order valence-electron chi connectivity index (χ0n) is 21.5. The third-order valence-electron chi connectivity index (χ3n) is 6.02. The van der Waals surface area contributed by atoms with Crippen molar-refractivity contribution in [3.05, 3.63) is 71.8 Å². The number of carbonyl (C=O) groups excluding carboxylic acids is 1. The van der Waals surface area contributed by atoms with Gasteiger partial charge in [-0.25, -0.2) is 24.7 Å². The molecule has 1 aliphatic heterocycles. The molecule has 196 valence electrons. The number of hydrogen-bond donors (Lipinski definition) is 1. The Bertz CT molecular complexity index is 1440. The largest absolute Gasteiger partial charge is 0.444 e. The normalized spacial score (nSPS) is 15.8. The summed E-state index contributed by atoms with van der Waals surface area (Å²) in [6.07, 6.45) is 4.62. The smallest absolute Gasteiger partial charge is 0.410 e. The summed E-state index contributed by atoms with van der Waals surface area (Å²) >= 11 is 6.45. The molecule has 10 heteroatoms. The Kier molecular flexibility index (Phi) is 7.28. The molecule has 4 aromatic rings. The third-order valence-corrected chi connectivity index (χ3v) is 6.29. The zero-order chi connectivity index (χ0) is 26.7. The van der Waals surface area contributed by atoms with Crippen LogP contribution in [-0.2, 0) is 4.74 Å². The van der Waals surface area contributed by atoms with Gasteiger partial charge in [-0.3, -0.25) is 0 Å². The highest BCUT2D eigenvalue weighted by molar-refractivity contribution is 6.32. The molecule has 1 amide bonds. The fraction of sp³-hybridized carbons (Fsp3) is 0.321. The topological polar surface area (TPSA) is 102 Å². The lowest BCUT2D eigenvalue weighted by molar-refractivity contribution is 0.0197. The number of ether oxygens (including phenoxy) is 2. The molecule has 1 atom stereocenters. The van der Waals surface area contributed by atoms with Gasteiger partial charge in [-0.2, -0.15) is 0 Å². The van der Waals surface area contributed by atoms with Crippen LogP contribution in [0, 0.1) is 0 Å². The standard InChI is InChI=1S/C28H29ClN6O3/c1-28(2,3)38-27(36)35-13-7-8-18(16-35)22-11-12-23-24(34-22)25(32-17-31-23)33-19-14-21(29)26(30-15-19)37-20-9-5-4-6-10-20/h4-6,9-12,14-15,17-18H,7-8,13,16H2,1-3H3,(H,31,32,33). The second-order valence-corrected chi connectivity index (χ2v) is 10.5. The molecule has 0 aliphatic carbocycles. The quantitative estimate of drug-likeness (QED) is 0.302. The molecule has 4 heterocycles. The van der Waals surface area contributed by atoms with Gasteiger partial charge in [-0.1, -0.05) is 29.8 Å². The summed E-state index contributed by atoms with van der Waals surface area (Å²) in [5.74, 6) is 1.57. The number of hydrogen-bond acceptors (Lipinski definition) is 8. The summed E-state index contributed by atoms with van der Waals surface area (Å²) in [7, 11) is 0. The van der Waals surface area contributed by atoms with E-state index in [1.54, 1.807) is 17.2 Å². The Labute approximate surface area is 226 Å². The lowest BCUT2D eigenvalue weighted by Gasteiger charge is -2.34. The van der Waals surface area contributed by atoms with E-state index < -0.39 is 5.60 Å². The van der Waals surface area contributed by atoms with Crippen LogP contribution in [0.5, 0.6) is 11.6 Å². The molecule has 3 aromatic heterocycles. The molecule has 0 bridgehead atoms. The van der Waals surface area contributed by atoms with E-state index in [0.29, 0.717) is 52.3 Å². The van der Waals surface area contributed by atoms with E-state index in [9.17, 15) is 4.79 Å². The van der Waals surface area contributed by atoms with Crippen molar-refractivity contribution < 1.29 is 14.3 Å². The molecule has 1 saturated heterocycles. The van der Waals surface area contributed by atoms with Crippen LogP contribution in [-0.4, -0.2) is 49.6 Å². The molecule has 0 radical (unpaired) electrons. The number of halogens is 1. The summed E-state index contributed by atoms with van der Waals surface area (Å²) < 4.78 is 11.4. The van der Waals surface area contributed by atoms with Gasteiger partial charge < -0.3 is 19.7 Å². The van der Waals surface area contributed by atoms with Gasteiger partial charge in [0, 0.05) is 24.7 Å². The van der Waals surface area contributed by atoms with Crippen molar-refractivity contribution >= 4 is 40.2 Å². The molecule has 9 nitrogen and oxygen atoms in total. The number of rotatable bonds is 5. The van der Waals surface area contributed by atoms with Crippen LogP contribution in [0.4, 0.5) is 16.3 Å². The molecule has 1 unspecified atom stereocenters. The van der Waals surface area contributed by atoms with Crippen LogP contribution < -0.4 is 10.1 Å². The summed E-state index contributed by atoms with van der Waals surface area (Å²) in [4.78, 5) is 32.5. The lowest BCUT2D eigenvalue weighted by Crippen LogP contribution is -2.42. The number of carbonyl (C=O) groups is 1. The van der Waals surface area contributed by atoms with Gasteiger partial charge >= 0.3 is 6.09 Å².